The number of hydrogen-bond acceptors (Lipinski definition) is 1. The minimum atomic E-state index is 0.910. The first-order chi connectivity index (χ1) is 6.76. The molecule has 0 radical (unpaired) electrons. The molecule has 0 aliphatic rings. The predicted octanol–water partition coefficient (Wildman–Crippen LogP) is 3.95. The molecule has 0 unspecified atom stereocenters. The zero-order chi connectivity index (χ0) is 10.1. The molecule has 72 valence electrons. The third-order valence-corrected chi connectivity index (χ3v) is 2.52. The van der Waals surface area contributed by atoms with Gasteiger partial charge in [0.05, 0.1) is 0 Å². The fourth-order valence-electron chi connectivity index (χ4n) is 1.81. The molecule has 0 fully saturated rings. The van der Waals surface area contributed by atoms with Gasteiger partial charge in [-0.2, -0.15) is 0 Å². The Morgan fingerprint density at radius 1 is 1.43 bits per heavy atom. The highest BCUT2D eigenvalue weighted by Gasteiger charge is 2.09. The maximum atomic E-state index is 5.68. The quantitative estimate of drug-likeness (QED) is 0.692. The van der Waals surface area contributed by atoms with E-state index < -0.39 is 0 Å². The summed E-state index contributed by atoms with van der Waals surface area (Å²) in [7, 11) is 0. The fraction of sp³-hybridized carbons (Fsp3) is 0.231. The van der Waals surface area contributed by atoms with Crippen molar-refractivity contribution in [2.24, 2.45) is 0 Å². The first kappa shape index (κ1) is 9.07. The maximum absolute atomic E-state index is 5.68. The van der Waals surface area contributed by atoms with Gasteiger partial charge in [-0.05, 0) is 31.6 Å². The van der Waals surface area contributed by atoms with Crippen molar-refractivity contribution in [3.05, 3.63) is 41.7 Å². The minimum Gasteiger partial charge on any atom is -0.456 e. The van der Waals surface area contributed by atoms with Gasteiger partial charge in [0.15, 0.2) is 0 Å². The Balaban J connectivity index is 2.81. The Kier molecular flexibility index (Phi) is 2.16. The average molecular weight is 186 g/mol. The van der Waals surface area contributed by atoms with Gasteiger partial charge in [-0.1, -0.05) is 25.1 Å². The third-order valence-electron chi connectivity index (χ3n) is 2.52. The summed E-state index contributed by atoms with van der Waals surface area (Å²) >= 11 is 0. The highest BCUT2D eigenvalue weighted by molar-refractivity contribution is 5.85. The monoisotopic (exact) mass is 186 g/mol. The Morgan fingerprint density at radius 2 is 2.21 bits per heavy atom. The van der Waals surface area contributed by atoms with E-state index in [0.29, 0.717) is 0 Å². The average Bonchev–Trinajstić information content (AvgIpc) is 2.54. The second-order valence-electron chi connectivity index (χ2n) is 3.50. The Bertz CT molecular complexity index is 477. The van der Waals surface area contributed by atoms with Crippen LogP contribution in [-0.2, 0) is 6.42 Å². The summed E-state index contributed by atoms with van der Waals surface area (Å²) in [6.07, 6.45) is 2.77. The molecule has 0 aliphatic carbocycles. The number of benzene rings is 1. The largest absolute Gasteiger partial charge is 0.456 e. The normalized spacial score (nSPS) is 10.7. The molecule has 0 aliphatic heterocycles. The Hall–Kier alpha value is -1.50. The molecule has 0 saturated heterocycles. The van der Waals surface area contributed by atoms with Gasteiger partial charge in [0.2, 0.25) is 0 Å². The van der Waals surface area contributed by atoms with Gasteiger partial charge in [0, 0.05) is 10.9 Å². The van der Waals surface area contributed by atoms with Gasteiger partial charge in [-0.15, -0.1) is 0 Å². The van der Waals surface area contributed by atoms with Crippen molar-refractivity contribution >= 4 is 17.0 Å². The van der Waals surface area contributed by atoms with E-state index in [2.05, 4.69) is 32.6 Å². The van der Waals surface area contributed by atoms with E-state index in [1.54, 1.807) is 6.08 Å². The van der Waals surface area contributed by atoms with Gasteiger partial charge >= 0.3 is 0 Å². The van der Waals surface area contributed by atoms with Crippen LogP contribution in [-0.4, -0.2) is 0 Å². The molecule has 2 rings (SSSR count). The van der Waals surface area contributed by atoms with Crippen LogP contribution in [0.5, 0.6) is 0 Å². The van der Waals surface area contributed by atoms with Crippen molar-refractivity contribution in [3.8, 4) is 0 Å². The number of aryl methyl sites for hydroxylation is 2. The lowest BCUT2D eigenvalue weighted by Crippen LogP contribution is -1.80. The van der Waals surface area contributed by atoms with Crippen molar-refractivity contribution in [3.63, 3.8) is 0 Å². The molecule has 14 heavy (non-hydrogen) atoms. The molecule has 0 saturated carbocycles. The molecule has 2 aromatic rings. The number of rotatable bonds is 2. The highest BCUT2D eigenvalue weighted by Crippen LogP contribution is 2.27. The fourth-order valence-corrected chi connectivity index (χ4v) is 1.81. The maximum Gasteiger partial charge on any atom is 0.135 e. The zero-order valence-electron chi connectivity index (χ0n) is 8.63. The summed E-state index contributed by atoms with van der Waals surface area (Å²) in [6, 6.07) is 6.26. The summed E-state index contributed by atoms with van der Waals surface area (Å²) in [4.78, 5) is 0. The molecule has 0 atom stereocenters. The van der Waals surface area contributed by atoms with E-state index in [9.17, 15) is 0 Å². The molecule has 0 N–H and O–H groups in total. The molecule has 1 heteroatoms. The zero-order valence-corrected chi connectivity index (χ0v) is 8.63. The molecule has 1 aromatic heterocycles. The first-order valence-corrected chi connectivity index (χ1v) is 4.90. The van der Waals surface area contributed by atoms with Crippen molar-refractivity contribution in [1.29, 1.82) is 0 Å². The number of furan rings is 1. The summed E-state index contributed by atoms with van der Waals surface area (Å²) in [5, 5.41) is 1.22. The van der Waals surface area contributed by atoms with E-state index in [4.69, 9.17) is 4.42 Å². The minimum absolute atomic E-state index is 0.910. The van der Waals surface area contributed by atoms with Crippen LogP contribution in [0, 0.1) is 6.92 Å². The summed E-state index contributed by atoms with van der Waals surface area (Å²) in [5.74, 6) is 0.910. The van der Waals surface area contributed by atoms with Crippen LogP contribution in [0.2, 0.25) is 0 Å². The predicted molar refractivity (Wildman–Crippen MR) is 60.4 cm³/mol. The molecule has 0 bridgehead atoms. The summed E-state index contributed by atoms with van der Waals surface area (Å²) in [5.41, 5.74) is 3.49. The molecule has 1 heterocycles. The topological polar surface area (TPSA) is 13.1 Å². The molecule has 0 amide bonds. The third kappa shape index (κ3) is 1.25. The van der Waals surface area contributed by atoms with Gasteiger partial charge in [-0.3, -0.25) is 0 Å². The molecule has 1 aromatic carbocycles. The van der Waals surface area contributed by atoms with Crippen molar-refractivity contribution in [2.75, 3.05) is 0 Å². The van der Waals surface area contributed by atoms with Crippen LogP contribution in [0.15, 0.2) is 29.2 Å². The molecule has 0 spiro atoms. The van der Waals surface area contributed by atoms with Crippen molar-refractivity contribution < 1.29 is 4.42 Å². The van der Waals surface area contributed by atoms with Gasteiger partial charge < -0.3 is 4.42 Å². The van der Waals surface area contributed by atoms with Crippen molar-refractivity contribution in [2.45, 2.75) is 20.3 Å². The van der Waals surface area contributed by atoms with E-state index in [0.717, 1.165) is 17.8 Å². The second kappa shape index (κ2) is 3.33. The van der Waals surface area contributed by atoms with Gasteiger partial charge in [0.1, 0.15) is 11.3 Å². The van der Waals surface area contributed by atoms with Crippen LogP contribution in [0.4, 0.5) is 0 Å². The lowest BCUT2D eigenvalue weighted by Gasteiger charge is -1.94. The second-order valence-corrected chi connectivity index (χ2v) is 3.50. The van der Waals surface area contributed by atoms with Gasteiger partial charge in [-0.25, -0.2) is 0 Å². The van der Waals surface area contributed by atoms with E-state index >= 15 is 0 Å². The highest BCUT2D eigenvalue weighted by atomic mass is 16.3. The van der Waals surface area contributed by atoms with Gasteiger partial charge in [0.25, 0.3) is 0 Å². The van der Waals surface area contributed by atoms with Crippen molar-refractivity contribution in [1.82, 2.24) is 0 Å². The van der Waals surface area contributed by atoms with Crippen LogP contribution in [0.3, 0.4) is 0 Å². The molecule has 1 nitrogen and oxygen atoms in total. The first-order valence-electron chi connectivity index (χ1n) is 4.90. The molecular formula is C13H14O. The summed E-state index contributed by atoms with van der Waals surface area (Å²) < 4.78 is 5.68. The van der Waals surface area contributed by atoms with Crippen LogP contribution < -0.4 is 0 Å². The number of fused-ring (bicyclic) bond motifs is 1. The SMILES string of the molecule is C=Cc1oc2ccc(C)cc2c1CC. The molecular weight excluding hydrogens is 172 g/mol. The van der Waals surface area contributed by atoms with E-state index in [-0.39, 0.29) is 0 Å². The standard InChI is InChI=1S/C13H14O/c1-4-10-11-8-9(3)6-7-13(11)14-12(10)5-2/h5-8H,2,4H2,1,3H3. The Morgan fingerprint density at radius 3 is 2.86 bits per heavy atom. The van der Waals surface area contributed by atoms with Crippen LogP contribution in [0.1, 0.15) is 23.8 Å². The van der Waals surface area contributed by atoms with E-state index in [1.165, 1.54) is 16.5 Å². The van der Waals surface area contributed by atoms with Crippen LogP contribution in [0.25, 0.3) is 17.0 Å². The van der Waals surface area contributed by atoms with Crippen LogP contribution >= 0.6 is 0 Å². The van der Waals surface area contributed by atoms with E-state index in [1.807, 2.05) is 6.07 Å². The summed E-state index contributed by atoms with van der Waals surface area (Å²) in [6.45, 7) is 8.00. The smallest absolute Gasteiger partial charge is 0.135 e. The number of hydrogen-bond donors (Lipinski definition) is 0. The Labute approximate surface area is 84.0 Å². The lowest BCUT2D eigenvalue weighted by molar-refractivity contribution is 0.599. The lowest BCUT2D eigenvalue weighted by atomic mass is 10.1.